The molecule has 0 amide bonds. The summed E-state index contributed by atoms with van der Waals surface area (Å²) >= 11 is 7.43. The number of halogens is 1. The molecule has 66 valence electrons. The molecule has 1 nitrogen and oxygen atoms in total. The lowest BCUT2D eigenvalue weighted by atomic mass is 9.69. The molecular weight excluding hydrogens is 192 g/mol. The molecule has 3 heteroatoms. The molecule has 0 spiro atoms. The predicted molar refractivity (Wildman–Crippen MR) is 51.6 cm³/mol. The maximum Gasteiger partial charge on any atom is 0.0989 e. The molecule has 1 aliphatic rings. The number of thiophene rings is 1. The van der Waals surface area contributed by atoms with Gasteiger partial charge in [0, 0.05) is 5.56 Å². The van der Waals surface area contributed by atoms with Crippen molar-refractivity contribution in [2.24, 2.45) is 5.92 Å². The van der Waals surface area contributed by atoms with Crippen LogP contribution in [0.1, 0.15) is 25.3 Å². The standard InChI is InChI=1S/C9H11ClOS/c1-6-4-9(11,5-6)7-2-3-12-8(7)10/h2-3,6,11H,4-5H2,1H3. The van der Waals surface area contributed by atoms with Crippen LogP contribution in [-0.2, 0) is 5.60 Å². The summed E-state index contributed by atoms with van der Waals surface area (Å²) in [5.41, 5.74) is 0.309. The van der Waals surface area contributed by atoms with Gasteiger partial charge in [-0.15, -0.1) is 11.3 Å². The molecule has 1 saturated carbocycles. The molecule has 0 bridgehead atoms. The molecule has 1 aromatic heterocycles. The predicted octanol–water partition coefficient (Wildman–Crippen LogP) is 3.02. The highest BCUT2D eigenvalue weighted by Gasteiger charge is 2.43. The van der Waals surface area contributed by atoms with Gasteiger partial charge in [0.15, 0.2) is 0 Å². The van der Waals surface area contributed by atoms with Crippen molar-refractivity contribution >= 4 is 22.9 Å². The van der Waals surface area contributed by atoms with Gasteiger partial charge in [0.25, 0.3) is 0 Å². The van der Waals surface area contributed by atoms with Crippen molar-refractivity contribution in [1.29, 1.82) is 0 Å². The smallest absolute Gasteiger partial charge is 0.0989 e. The van der Waals surface area contributed by atoms with E-state index in [0.29, 0.717) is 5.92 Å². The SMILES string of the molecule is CC1CC(O)(c2ccsc2Cl)C1. The summed E-state index contributed by atoms with van der Waals surface area (Å²) in [5, 5.41) is 12.0. The molecule has 0 radical (unpaired) electrons. The highest BCUT2D eigenvalue weighted by molar-refractivity contribution is 7.14. The van der Waals surface area contributed by atoms with E-state index in [4.69, 9.17) is 11.6 Å². The number of aliphatic hydroxyl groups is 1. The minimum Gasteiger partial charge on any atom is -0.385 e. The van der Waals surface area contributed by atoms with E-state index >= 15 is 0 Å². The Hall–Kier alpha value is -0.0500. The summed E-state index contributed by atoms with van der Waals surface area (Å²) in [7, 11) is 0. The van der Waals surface area contributed by atoms with Crippen LogP contribution >= 0.6 is 22.9 Å². The highest BCUT2D eigenvalue weighted by Crippen LogP contribution is 2.48. The van der Waals surface area contributed by atoms with Gasteiger partial charge in [0.05, 0.1) is 9.94 Å². The van der Waals surface area contributed by atoms with Crippen LogP contribution in [0.2, 0.25) is 4.34 Å². The Balaban J connectivity index is 2.26. The molecule has 0 aliphatic heterocycles. The van der Waals surface area contributed by atoms with Crippen LogP contribution in [0, 0.1) is 5.92 Å². The van der Waals surface area contributed by atoms with Crippen molar-refractivity contribution in [1.82, 2.24) is 0 Å². The Morgan fingerprint density at radius 1 is 1.67 bits per heavy atom. The quantitative estimate of drug-likeness (QED) is 0.743. The average Bonchev–Trinajstić information content (AvgIpc) is 2.32. The second-order valence-corrected chi connectivity index (χ2v) is 5.17. The van der Waals surface area contributed by atoms with Crippen molar-refractivity contribution in [2.45, 2.75) is 25.4 Å². The maximum atomic E-state index is 10.0. The molecule has 1 aromatic rings. The summed E-state index contributed by atoms with van der Waals surface area (Å²) in [6, 6.07) is 1.93. The Kier molecular flexibility index (Phi) is 1.94. The van der Waals surface area contributed by atoms with Crippen LogP contribution in [0.4, 0.5) is 0 Å². The molecular formula is C9H11ClOS. The zero-order valence-electron chi connectivity index (χ0n) is 6.88. The number of hydrogen-bond acceptors (Lipinski definition) is 2. The Morgan fingerprint density at radius 2 is 2.33 bits per heavy atom. The van der Waals surface area contributed by atoms with E-state index in [0.717, 1.165) is 22.7 Å². The molecule has 1 aliphatic carbocycles. The molecule has 0 unspecified atom stereocenters. The van der Waals surface area contributed by atoms with Crippen molar-refractivity contribution in [3.8, 4) is 0 Å². The second-order valence-electron chi connectivity index (χ2n) is 3.65. The lowest BCUT2D eigenvalue weighted by Gasteiger charge is -2.42. The summed E-state index contributed by atoms with van der Waals surface area (Å²) in [6.07, 6.45) is 1.70. The third-order valence-corrected chi connectivity index (χ3v) is 3.66. The zero-order chi connectivity index (χ0) is 8.77. The van der Waals surface area contributed by atoms with Gasteiger partial charge >= 0.3 is 0 Å². The Morgan fingerprint density at radius 3 is 2.75 bits per heavy atom. The van der Waals surface area contributed by atoms with Gasteiger partial charge < -0.3 is 5.11 Å². The van der Waals surface area contributed by atoms with Crippen LogP contribution in [0.5, 0.6) is 0 Å². The van der Waals surface area contributed by atoms with Crippen LogP contribution in [0.25, 0.3) is 0 Å². The molecule has 1 fully saturated rings. The van der Waals surface area contributed by atoms with Gasteiger partial charge in [-0.05, 0) is 30.2 Å². The first-order chi connectivity index (χ1) is 5.62. The van der Waals surface area contributed by atoms with Gasteiger partial charge in [0.1, 0.15) is 0 Å². The lowest BCUT2D eigenvalue weighted by Crippen LogP contribution is -2.39. The fourth-order valence-electron chi connectivity index (χ4n) is 1.94. The fraction of sp³-hybridized carbons (Fsp3) is 0.556. The van der Waals surface area contributed by atoms with Gasteiger partial charge in [-0.2, -0.15) is 0 Å². The second kappa shape index (κ2) is 2.72. The molecule has 0 saturated heterocycles. The van der Waals surface area contributed by atoms with Gasteiger partial charge in [-0.25, -0.2) is 0 Å². The monoisotopic (exact) mass is 202 g/mol. The van der Waals surface area contributed by atoms with E-state index in [1.165, 1.54) is 11.3 Å². The largest absolute Gasteiger partial charge is 0.385 e. The number of hydrogen-bond donors (Lipinski definition) is 1. The van der Waals surface area contributed by atoms with E-state index in [1.807, 2.05) is 11.4 Å². The van der Waals surface area contributed by atoms with Crippen molar-refractivity contribution in [3.63, 3.8) is 0 Å². The van der Waals surface area contributed by atoms with E-state index in [-0.39, 0.29) is 0 Å². The summed E-state index contributed by atoms with van der Waals surface area (Å²) in [5.74, 6) is 0.631. The van der Waals surface area contributed by atoms with Gasteiger partial charge in [0.2, 0.25) is 0 Å². The third kappa shape index (κ3) is 1.18. The average molecular weight is 203 g/mol. The first-order valence-electron chi connectivity index (χ1n) is 4.08. The third-order valence-electron chi connectivity index (χ3n) is 2.49. The maximum absolute atomic E-state index is 10.0. The first-order valence-corrected chi connectivity index (χ1v) is 5.33. The topological polar surface area (TPSA) is 20.2 Å². The van der Waals surface area contributed by atoms with E-state index in [1.54, 1.807) is 0 Å². The summed E-state index contributed by atoms with van der Waals surface area (Å²) in [4.78, 5) is 0. The van der Waals surface area contributed by atoms with E-state index < -0.39 is 5.60 Å². The van der Waals surface area contributed by atoms with E-state index in [9.17, 15) is 5.11 Å². The molecule has 2 rings (SSSR count). The van der Waals surface area contributed by atoms with Crippen molar-refractivity contribution in [3.05, 3.63) is 21.3 Å². The molecule has 1 heterocycles. The van der Waals surface area contributed by atoms with Crippen LogP contribution in [0.3, 0.4) is 0 Å². The number of rotatable bonds is 1. The first kappa shape index (κ1) is 8.54. The zero-order valence-corrected chi connectivity index (χ0v) is 8.45. The summed E-state index contributed by atoms with van der Waals surface area (Å²) < 4.78 is 0.740. The van der Waals surface area contributed by atoms with Gasteiger partial charge in [-0.3, -0.25) is 0 Å². The molecule has 0 atom stereocenters. The summed E-state index contributed by atoms with van der Waals surface area (Å²) in [6.45, 7) is 2.15. The van der Waals surface area contributed by atoms with Crippen LogP contribution in [0.15, 0.2) is 11.4 Å². The molecule has 1 N–H and O–H groups in total. The van der Waals surface area contributed by atoms with Crippen molar-refractivity contribution < 1.29 is 5.11 Å². The minimum absolute atomic E-state index is 0.615. The van der Waals surface area contributed by atoms with E-state index in [2.05, 4.69) is 6.92 Å². The fourth-order valence-corrected chi connectivity index (χ4v) is 3.04. The van der Waals surface area contributed by atoms with Gasteiger partial charge in [-0.1, -0.05) is 18.5 Å². The molecule has 12 heavy (non-hydrogen) atoms. The normalized spacial score (nSPS) is 34.8. The highest BCUT2D eigenvalue weighted by atomic mass is 35.5. The minimum atomic E-state index is -0.615. The van der Waals surface area contributed by atoms with Crippen LogP contribution < -0.4 is 0 Å². The Bertz CT molecular complexity index is 288. The van der Waals surface area contributed by atoms with Crippen LogP contribution in [-0.4, -0.2) is 5.11 Å². The molecule has 0 aromatic carbocycles. The Labute approximate surface area is 81.0 Å². The van der Waals surface area contributed by atoms with Crippen molar-refractivity contribution in [2.75, 3.05) is 0 Å². The lowest BCUT2D eigenvalue weighted by molar-refractivity contribution is -0.0734.